The van der Waals surface area contributed by atoms with Gasteiger partial charge in [0.15, 0.2) is 0 Å². The second-order valence-corrected chi connectivity index (χ2v) is 5.20. The largest absolute Gasteiger partial charge is 0.353 e. The molecule has 0 aliphatic carbocycles. The Morgan fingerprint density at radius 1 is 1.55 bits per heavy atom. The summed E-state index contributed by atoms with van der Waals surface area (Å²) in [4.78, 5) is 12.1. The molecule has 2 rings (SSSR count). The molecule has 0 aromatic carbocycles. The van der Waals surface area contributed by atoms with Crippen molar-refractivity contribution in [1.29, 1.82) is 0 Å². The van der Waals surface area contributed by atoms with Crippen molar-refractivity contribution in [2.75, 3.05) is 12.3 Å². The monoisotopic (exact) mass is 295 g/mol. The standard InChI is InChI=1S/C11H17N7OS/c1-3-9(18-7-4-5-13-18)10(19)12-6-8-20-11-14-15-16-17(11)2/h4-5,7,9H,3,6,8H2,1-2H3,(H,12,19)/t9-/m0/s1. The van der Waals surface area contributed by atoms with Crippen LogP contribution in [0.1, 0.15) is 19.4 Å². The number of hydrogen-bond acceptors (Lipinski definition) is 6. The Balaban J connectivity index is 1.76. The third-order valence-electron chi connectivity index (χ3n) is 2.75. The molecule has 0 spiro atoms. The highest BCUT2D eigenvalue weighted by Crippen LogP contribution is 2.12. The normalized spacial score (nSPS) is 12.3. The average Bonchev–Trinajstić information content (AvgIpc) is 3.08. The van der Waals surface area contributed by atoms with Crippen LogP contribution < -0.4 is 5.32 Å². The predicted octanol–water partition coefficient (Wildman–Crippen LogP) is 0.266. The van der Waals surface area contributed by atoms with Gasteiger partial charge >= 0.3 is 0 Å². The molecule has 20 heavy (non-hydrogen) atoms. The summed E-state index contributed by atoms with van der Waals surface area (Å²) in [5.41, 5.74) is 0. The van der Waals surface area contributed by atoms with Crippen LogP contribution in [0.3, 0.4) is 0 Å². The van der Waals surface area contributed by atoms with E-state index in [4.69, 9.17) is 0 Å². The van der Waals surface area contributed by atoms with Crippen LogP contribution in [0.2, 0.25) is 0 Å². The number of nitrogens with zero attached hydrogens (tertiary/aromatic N) is 6. The fraction of sp³-hybridized carbons (Fsp3) is 0.545. The number of amides is 1. The molecule has 9 heteroatoms. The molecule has 0 fully saturated rings. The molecule has 2 heterocycles. The van der Waals surface area contributed by atoms with Crippen molar-refractivity contribution in [3.8, 4) is 0 Å². The van der Waals surface area contributed by atoms with Gasteiger partial charge in [-0.2, -0.15) is 5.10 Å². The number of thioether (sulfide) groups is 1. The Morgan fingerprint density at radius 2 is 2.40 bits per heavy atom. The van der Waals surface area contributed by atoms with E-state index in [0.717, 1.165) is 10.9 Å². The van der Waals surface area contributed by atoms with Crippen molar-refractivity contribution in [3.63, 3.8) is 0 Å². The van der Waals surface area contributed by atoms with Crippen molar-refractivity contribution in [1.82, 2.24) is 35.3 Å². The molecular formula is C11H17N7OS. The fourth-order valence-electron chi connectivity index (χ4n) is 1.74. The predicted molar refractivity (Wildman–Crippen MR) is 74.1 cm³/mol. The van der Waals surface area contributed by atoms with E-state index in [1.54, 1.807) is 28.8 Å². The van der Waals surface area contributed by atoms with Gasteiger partial charge in [-0.15, -0.1) is 5.10 Å². The van der Waals surface area contributed by atoms with Crippen LogP contribution in [0.5, 0.6) is 0 Å². The molecule has 108 valence electrons. The molecule has 1 atom stereocenters. The summed E-state index contributed by atoms with van der Waals surface area (Å²) < 4.78 is 3.28. The van der Waals surface area contributed by atoms with Crippen LogP contribution in [0.4, 0.5) is 0 Å². The van der Waals surface area contributed by atoms with Crippen LogP contribution >= 0.6 is 11.8 Å². The van der Waals surface area contributed by atoms with Crippen LogP contribution in [0.15, 0.2) is 23.6 Å². The first kappa shape index (κ1) is 14.5. The highest BCUT2D eigenvalue weighted by Gasteiger charge is 2.17. The third kappa shape index (κ3) is 3.56. The Labute approximate surface area is 120 Å². The molecule has 0 bridgehead atoms. The average molecular weight is 295 g/mol. The highest BCUT2D eigenvalue weighted by molar-refractivity contribution is 7.99. The lowest BCUT2D eigenvalue weighted by molar-refractivity contribution is -0.124. The number of tetrazole rings is 1. The number of hydrogen-bond donors (Lipinski definition) is 1. The molecule has 2 aromatic heterocycles. The van der Waals surface area contributed by atoms with E-state index < -0.39 is 0 Å². The smallest absolute Gasteiger partial charge is 0.244 e. The van der Waals surface area contributed by atoms with Gasteiger partial charge in [0, 0.05) is 31.7 Å². The van der Waals surface area contributed by atoms with Crippen molar-refractivity contribution in [2.45, 2.75) is 24.5 Å². The molecule has 1 amide bonds. The number of rotatable bonds is 7. The van der Waals surface area contributed by atoms with E-state index in [9.17, 15) is 4.79 Å². The van der Waals surface area contributed by atoms with Gasteiger partial charge < -0.3 is 5.32 Å². The van der Waals surface area contributed by atoms with E-state index >= 15 is 0 Å². The van der Waals surface area contributed by atoms with E-state index in [1.807, 2.05) is 13.0 Å². The van der Waals surface area contributed by atoms with Crippen molar-refractivity contribution >= 4 is 17.7 Å². The lowest BCUT2D eigenvalue weighted by atomic mass is 10.2. The SMILES string of the molecule is CC[C@@H](C(=O)NCCSc1nnnn1C)n1cccn1. The number of carbonyl (C=O) groups is 1. The summed E-state index contributed by atoms with van der Waals surface area (Å²) in [6.07, 6.45) is 4.18. The first-order chi connectivity index (χ1) is 9.72. The van der Waals surface area contributed by atoms with Crippen molar-refractivity contribution < 1.29 is 4.79 Å². The summed E-state index contributed by atoms with van der Waals surface area (Å²) in [6, 6.07) is 1.55. The van der Waals surface area contributed by atoms with Gasteiger partial charge in [-0.3, -0.25) is 9.48 Å². The number of aromatic nitrogens is 6. The van der Waals surface area contributed by atoms with Crippen molar-refractivity contribution in [2.24, 2.45) is 7.05 Å². The molecular weight excluding hydrogens is 278 g/mol. The zero-order valence-electron chi connectivity index (χ0n) is 11.4. The minimum Gasteiger partial charge on any atom is -0.353 e. The summed E-state index contributed by atoms with van der Waals surface area (Å²) in [5, 5.41) is 18.9. The molecule has 2 aromatic rings. The Hall–Kier alpha value is -1.90. The van der Waals surface area contributed by atoms with Crippen LogP contribution in [0, 0.1) is 0 Å². The van der Waals surface area contributed by atoms with Crippen molar-refractivity contribution in [3.05, 3.63) is 18.5 Å². The van der Waals surface area contributed by atoms with E-state index in [0.29, 0.717) is 13.0 Å². The van der Waals surface area contributed by atoms with Gasteiger partial charge in [-0.1, -0.05) is 18.7 Å². The molecule has 0 aliphatic rings. The van der Waals surface area contributed by atoms with Gasteiger partial charge in [0.1, 0.15) is 6.04 Å². The van der Waals surface area contributed by atoms with E-state index in [-0.39, 0.29) is 11.9 Å². The highest BCUT2D eigenvalue weighted by atomic mass is 32.2. The zero-order chi connectivity index (χ0) is 14.4. The van der Waals surface area contributed by atoms with Crippen LogP contribution in [-0.2, 0) is 11.8 Å². The molecule has 0 radical (unpaired) electrons. The Kier molecular flexibility index (Phi) is 5.10. The first-order valence-corrected chi connectivity index (χ1v) is 7.33. The van der Waals surface area contributed by atoms with Gasteiger partial charge in [0.25, 0.3) is 0 Å². The van der Waals surface area contributed by atoms with Gasteiger partial charge in [-0.25, -0.2) is 4.68 Å². The zero-order valence-corrected chi connectivity index (χ0v) is 12.2. The van der Waals surface area contributed by atoms with Gasteiger partial charge in [0.2, 0.25) is 11.1 Å². The first-order valence-electron chi connectivity index (χ1n) is 6.34. The lowest BCUT2D eigenvalue weighted by Crippen LogP contribution is -2.34. The Morgan fingerprint density at radius 3 is 3.00 bits per heavy atom. The summed E-state index contributed by atoms with van der Waals surface area (Å²) in [6.45, 7) is 2.53. The minimum absolute atomic E-state index is 0.0205. The maximum absolute atomic E-state index is 12.1. The molecule has 0 unspecified atom stereocenters. The van der Waals surface area contributed by atoms with E-state index in [2.05, 4.69) is 25.9 Å². The summed E-state index contributed by atoms with van der Waals surface area (Å²) >= 11 is 1.50. The summed E-state index contributed by atoms with van der Waals surface area (Å²) in [7, 11) is 1.78. The molecule has 1 N–H and O–H groups in total. The van der Waals surface area contributed by atoms with Crippen LogP contribution in [-0.4, -0.2) is 48.2 Å². The minimum atomic E-state index is -0.258. The lowest BCUT2D eigenvalue weighted by Gasteiger charge is -2.15. The summed E-state index contributed by atoms with van der Waals surface area (Å²) in [5.74, 6) is 0.697. The quantitative estimate of drug-likeness (QED) is 0.582. The van der Waals surface area contributed by atoms with Gasteiger partial charge in [0.05, 0.1) is 0 Å². The number of nitrogens with one attached hydrogen (secondary N) is 1. The Bertz CT molecular complexity index is 539. The van der Waals surface area contributed by atoms with Crippen LogP contribution in [0.25, 0.3) is 0 Å². The maximum atomic E-state index is 12.1. The molecule has 0 saturated carbocycles. The van der Waals surface area contributed by atoms with Gasteiger partial charge in [-0.05, 0) is 22.9 Å². The molecule has 8 nitrogen and oxygen atoms in total. The molecule has 0 saturated heterocycles. The topological polar surface area (TPSA) is 90.5 Å². The number of aryl methyl sites for hydroxylation is 1. The molecule has 0 aliphatic heterocycles. The van der Waals surface area contributed by atoms with E-state index in [1.165, 1.54) is 11.8 Å². The second-order valence-electron chi connectivity index (χ2n) is 4.13. The third-order valence-corrected chi connectivity index (χ3v) is 3.76. The number of carbonyl (C=O) groups excluding carboxylic acids is 1. The fourth-order valence-corrected chi connectivity index (χ4v) is 2.44. The maximum Gasteiger partial charge on any atom is 0.244 e. The second kappa shape index (κ2) is 7.04.